The topological polar surface area (TPSA) is 82.6 Å². The van der Waals surface area contributed by atoms with Gasteiger partial charge in [-0.15, -0.1) is 0 Å². The molecule has 4 aromatic rings. The molecular formula is C26H26N6O2. The molecule has 1 saturated heterocycles. The van der Waals surface area contributed by atoms with Gasteiger partial charge in [-0.1, -0.05) is 24.3 Å². The second kappa shape index (κ2) is 9.76. The van der Waals surface area contributed by atoms with Crippen LogP contribution in [0.4, 0.5) is 22.1 Å². The fraction of sp³-hybridized carbons (Fsp3) is 0.192. The molecule has 0 bridgehead atoms. The van der Waals surface area contributed by atoms with Crippen LogP contribution in [0.3, 0.4) is 0 Å². The first-order valence-electron chi connectivity index (χ1n) is 11.2. The van der Waals surface area contributed by atoms with Crippen molar-refractivity contribution in [2.24, 2.45) is 0 Å². The number of carbonyl (C=O) groups is 1. The summed E-state index contributed by atoms with van der Waals surface area (Å²) >= 11 is 0. The van der Waals surface area contributed by atoms with Crippen LogP contribution in [0.5, 0.6) is 11.5 Å². The first-order valence-corrected chi connectivity index (χ1v) is 11.2. The highest BCUT2D eigenvalue weighted by Gasteiger charge is 2.19. The Bertz CT molecular complexity index is 1270. The van der Waals surface area contributed by atoms with Crippen LogP contribution in [0.25, 0.3) is 10.8 Å². The predicted molar refractivity (Wildman–Crippen MR) is 135 cm³/mol. The Kier molecular flexibility index (Phi) is 6.22. The second-order valence-electron chi connectivity index (χ2n) is 8.23. The maximum absolute atomic E-state index is 12.7. The van der Waals surface area contributed by atoms with Crippen molar-refractivity contribution < 1.29 is 9.53 Å². The van der Waals surface area contributed by atoms with Gasteiger partial charge in [0.2, 0.25) is 0 Å². The van der Waals surface area contributed by atoms with Crippen molar-refractivity contribution in [1.82, 2.24) is 14.9 Å². The summed E-state index contributed by atoms with van der Waals surface area (Å²) in [5.74, 6) is 2.79. The number of rotatable bonds is 5. The second-order valence-corrected chi connectivity index (χ2v) is 8.23. The normalized spacial score (nSPS) is 14.1. The van der Waals surface area contributed by atoms with Gasteiger partial charge in [0.05, 0.1) is 0 Å². The summed E-state index contributed by atoms with van der Waals surface area (Å²) in [5.41, 5.74) is 0.652. The van der Waals surface area contributed by atoms with Crippen molar-refractivity contribution in [3.8, 4) is 11.5 Å². The number of anilines is 3. The zero-order valence-electron chi connectivity index (χ0n) is 18.9. The van der Waals surface area contributed by atoms with Gasteiger partial charge in [0, 0.05) is 49.6 Å². The Morgan fingerprint density at radius 1 is 0.882 bits per heavy atom. The average molecular weight is 455 g/mol. The van der Waals surface area contributed by atoms with E-state index in [0.717, 1.165) is 42.8 Å². The van der Waals surface area contributed by atoms with Crippen LogP contribution in [0.2, 0.25) is 0 Å². The van der Waals surface area contributed by atoms with Crippen molar-refractivity contribution in [2.45, 2.75) is 0 Å². The van der Waals surface area contributed by atoms with Gasteiger partial charge < -0.3 is 19.9 Å². The number of aromatic nitrogens is 2. The monoisotopic (exact) mass is 454 g/mol. The maximum Gasteiger partial charge on any atom is 0.324 e. The molecule has 0 aliphatic carbocycles. The summed E-state index contributed by atoms with van der Waals surface area (Å²) in [6.07, 6.45) is 3.34. The molecule has 8 heteroatoms. The largest absolute Gasteiger partial charge is 0.457 e. The van der Waals surface area contributed by atoms with Crippen molar-refractivity contribution in [2.75, 3.05) is 48.8 Å². The number of urea groups is 1. The number of fused-ring (bicyclic) bond motifs is 1. The van der Waals surface area contributed by atoms with Crippen LogP contribution in [0, 0.1) is 0 Å². The molecule has 1 aliphatic heterocycles. The van der Waals surface area contributed by atoms with E-state index in [0.29, 0.717) is 23.0 Å². The van der Waals surface area contributed by atoms with Gasteiger partial charge in [-0.2, -0.15) is 0 Å². The van der Waals surface area contributed by atoms with Gasteiger partial charge in [-0.05, 0) is 54.9 Å². The number of ether oxygens (including phenoxy) is 1. The SMILES string of the molecule is CN1CCN(c2nc(NC(=O)Nc3ccc(Oc4ccncc4)cc3)cc3ccccc23)CC1. The van der Waals surface area contributed by atoms with Crippen LogP contribution >= 0.6 is 0 Å². The van der Waals surface area contributed by atoms with E-state index in [4.69, 9.17) is 9.72 Å². The number of pyridine rings is 2. The number of nitrogens with one attached hydrogen (secondary N) is 2. The van der Waals surface area contributed by atoms with Crippen molar-refractivity contribution in [1.29, 1.82) is 0 Å². The lowest BCUT2D eigenvalue weighted by Crippen LogP contribution is -2.45. The van der Waals surface area contributed by atoms with Gasteiger partial charge in [0.25, 0.3) is 0 Å². The molecule has 3 heterocycles. The molecular weight excluding hydrogens is 428 g/mol. The van der Waals surface area contributed by atoms with Crippen LogP contribution in [0.15, 0.2) is 79.1 Å². The number of carbonyl (C=O) groups excluding carboxylic acids is 1. The van der Waals surface area contributed by atoms with E-state index in [-0.39, 0.29) is 6.03 Å². The number of likely N-dealkylation sites (N-methyl/N-ethyl adjacent to an activating group) is 1. The Morgan fingerprint density at radius 3 is 2.35 bits per heavy atom. The molecule has 0 spiro atoms. The Balaban J connectivity index is 1.29. The molecule has 2 aromatic carbocycles. The number of benzene rings is 2. The lowest BCUT2D eigenvalue weighted by molar-refractivity contribution is 0.262. The van der Waals surface area contributed by atoms with Crippen LogP contribution in [0.1, 0.15) is 0 Å². The summed E-state index contributed by atoms with van der Waals surface area (Å²) in [4.78, 5) is 26.1. The third kappa shape index (κ3) is 5.07. The third-order valence-electron chi connectivity index (χ3n) is 5.76. The molecule has 2 aromatic heterocycles. The minimum absolute atomic E-state index is 0.352. The average Bonchev–Trinajstić information content (AvgIpc) is 2.86. The molecule has 2 amide bonds. The number of piperazine rings is 1. The Labute approximate surface area is 198 Å². The van der Waals surface area contributed by atoms with Gasteiger partial charge in [0.1, 0.15) is 23.1 Å². The Morgan fingerprint density at radius 2 is 1.59 bits per heavy atom. The van der Waals surface area contributed by atoms with Gasteiger partial charge in [0.15, 0.2) is 0 Å². The molecule has 0 saturated carbocycles. The first kappa shape index (κ1) is 21.7. The van der Waals surface area contributed by atoms with E-state index in [1.165, 1.54) is 0 Å². The molecule has 0 radical (unpaired) electrons. The Hall–Kier alpha value is -4.17. The summed E-state index contributed by atoms with van der Waals surface area (Å²) in [7, 11) is 2.13. The summed E-state index contributed by atoms with van der Waals surface area (Å²) in [6.45, 7) is 3.76. The van der Waals surface area contributed by atoms with E-state index in [1.807, 2.05) is 24.3 Å². The van der Waals surface area contributed by atoms with Crippen LogP contribution in [-0.2, 0) is 0 Å². The number of hydrogen-bond acceptors (Lipinski definition) is 6. The van der Waals surface area contributed by atoms with Gasteiger partial charge in [-0.25, -0.2) is 9.78 Å². The molecule has 2 N–H and O–H groups in total. The van der Waals surface area contributed by atoms with Crippen molar-refractivity contribution in [3.05, 3.63) is 79.1 Å². The van der Waals surface area contributed by atoms with E-state index in [9.17, 15) is 4.79 Å². The molecule has 0 unspecified atom stereocenters. The lowest BCUT2D eigenvalue weighted by atomic mass is 10.1. The third-order valence-corrected chi connectivity index (χ3v) is 5.76. The lowest BCUT2D eigenvalue weighted by Gasteiger charge is -2.34. The fourth-order valence-electron chi connectivity index (χ4n) is 3.93. The molecule has 0 atom stereocenters. The summed E-state index contributed by atoms with van der Waals surface area (Å²) < 4.78 is 5.77. The van der Waals surface area contributed by atoms with E-state index < -0.39 is 0 Å². The van der Waals surface area contributed by atoms with Crippen molar-refractivity contribution in [3.63, 3.8) is 0 Å². The van der Waals surface area contributed by atoms with E-state index in [1.54, 1.807) is 48.8 Å². The number of nitrogens with zero attached hydrogens (tertiary/aromatic N) is 4. The zero-order valence-corrected chi connectivity index (χ0v) is 18.9. The predicted octanol–water partition coefficient (Wildman–Crippen LogP) is 4.82. The first-order chi connectivity index (χ1) is 16.6. The smallest absolute Gasteiger partial charge is 0.324 e. The summed E-state index contributed by atoms with van der Waals surface area (Å²) in [5, 5.41) is 7.87. The molecule has 34 heavy (non-hydrogen) atoms. The molecule has 1 aliphatic rings. The number of hydrogen-bond donors (Lipinski definition) is 2. The van der Waals surface area contributed by atoms with Gasteiger partial charge >= 0.3 is 6.03 Å². The maximum atomic E-state index is 12.7. The quantitative estimate of drug-likeness (QED) is 0.450. The van der Waals surface area contributed by atoms with Crippen LogP contribution in [-0.4, -0.2) is 54.1 Å². The number of amides is 2. The summed E-state index contributed by atoms with van der Waals surface area (Å²) in [6, 6.07) is 20.4. The highest BCUT2D eigenvalue weighted by atomic mass is 16.5. The molecule has 5 rings (SSSR count). The van der Waals surface area contributed by atoms with Crippen molar-refractivity contribution >= 4 is 34.1 Å². The standard InChI is InChI=1S/C26H26N6O2/c1-31-14-16-32(17-15-31)25-23-5-3-2-4-19(23)18-24(29-25)30-26(33)28-20-6-8-21(9-7-20)34-22-10-12-27-13-11-22/h2-13,18H,14-17H2,1H3,(H2,28,29,30,33). The minimum Gasteiger partial charge on any atom is -0.457 e. The van der Waals surface area contributed by atoms with Crippen LogP contribution < -0.4 is 20.3 Å². The minimum atomic E-state index is -0.352. The highest BCUT2D eigenvalue weighted by molar-refractivity contribution is 6.02. The van der Waals surface area contributed by atoms with Gasteiger partial charge in [-0.3, -0.25) is 10.3 Å². The fourth-order valence-corrected chi connectivity index (χ4v) is 3.93. The van der Waals surface area contributed by atoms with E-state index in [2.05, 4.69) is 38.5 Å². The van der Waals surface area contributed by atoms with E-state index >= 15 is 0 Å². The molecule has 8 nitrogen and oxygen atoms in total. The highest BCUT2D eigenvalue weighted by Crippen LogP contribution is 2.28. The zero-order chi connectivity index (χ0) is 23.3. The molecule has 1 fully saturated rings. The molecule has 172 valence electrons.